The third-order valence-electron chi connectivity index (χ3n) is 4.83. The van der Waals surface area contributed by atoms with Crippen LogP contribution in [0.4, 0.5) is 13.2 Å². The predicted molar refractivity (Wildman–Crippen MR) is 100 cm³/mol. The number of aromatic nitrogens is 1. The van der Waals surface area contributed by atoms with Crippen LogP contribution in [0.1, 0.15) is 36.4 Å². The first-order chi connectivity index (χ1) is 10.9. The molecule has 1 N–H and O–H groups in total. The van der Waals surface area contributed by atoms with E-state index in [-0.39, 0.29) is 24.0 Å². The molecule has 1 aromatic heterocycles. The zero-order valence-electron chi connectivity index (χ0n) is 13.5. The maximum atomic E-state index is 12.5. The Hall–Kier alpha value is -0.580. The number of hydrogen-bond donors (Lipinski definition) is 1. The van der Waals surface area contributed by atoms with Crippen LogP contribution in [-0.4, -0.2) is 42.5 Å². The quantitative estimate of drug-likeness (QED) is 0.412. The maximum absolute atomic E-state index is 12.5. The Labute approximate surface area is 161 Å². The number of thiazole rings is 1. The number of nitrogens with zero attached hydrogens (tertiary/aromatic N) is 3. The van der Waals surface area contributed by atoms with Gasteiger partial charge in [0.1, 0.15) is 0 Å². The number of aliphatic imine (C=N–C) groups is 1. The monoisotopic (exact) mass is 474 g/mol. The van der Waals surface area contributed by atoms with Gasteiger partial charge < -0.3 is 10.2 Å². The highest BCUT2D eigenvalue weighted by Crippen LogP contribution is 2.47. The van der Waals surface area contributed by atoms with E-state index in [1.54, 1.807) is 7.05 Å². The summed E-state index contributed by atoms with van der Waals surface area (Å²) in [6, 6.07) is 0. The van der Waals surface area contributed by atoms with Crippen LogP contribution in [-0.2, 0) is 12.6 Å². The molecule has 0 amide bonds. The molecule has 2 fully saturated rings. The van der Waals surface area contributed by atoms with Crippen molar-refractivity contribution in [1.29, 1.82) is 0 Å². The van der Waals surface area contributed by atoms with Gasteiger partial charge in [0.2, 0.25) is 0 Å². The second-order valence-electron chi connectivity index (χ2n) is 6.37. The Balaban J connectivity index is 0.00000208. The van der Waals surface area contributed by atoms with Gasteiger partial charge in [-0.2, -0.15) is 13.2 Å². The van der Waals surface area contributed by atoms with Crippen molar-refractivity contribution in [2.24, 2.45) is 10.4 Å². The fourth-order valence-electron chi connectivity index (χ4n) is 3.37. The van der Waals surface area contributed by atoms with Crippen molar-refractivity contribution in [2.45, 2.75) is 38.3 Å². The summed E-state index contributed by atoms with van der Waals surface area (Å²) >= 11 is 1.06. The molecule has 1 aliphatic carbocycles. The molecule has 4 nitrogen and oxygen atoms in total. The Morgan fingerprint density at radius 3 is 2.67 bits per heavy atom. The van der Waals surface area contributed by atoms with Gasteiger partial charge in [0.15, 0.2) is 11.7 Å². The molecule has 1 aromatic rings. The molecule has 9 heteroatoms. The summed E-state index contributed by atoms with van der Waals surface area (Å²) in [7, 11) is 1.75. The Kier molecular flexibility index (Phi) is 6.38. The Bertz CT molecular complexity index is 584. The standard InChI is InChI=1S/C15H21F3N4S.HI/c1-19-13(22-8-6-14(10-22)4-2-5-14)20-7-3-12-21-11(9-23-12)15(16,17)18;/h9H,2-8,10H2,1H3,(H,19,20);1H. The van der Waals surface area contributed by atoms with E-state index in [9.17, 15) is 13.2 Å². The zero-order valence-corrected chi connectivity index (χ0v) is 16.7. The number of nitrogens with one attached hydrogen (secondary N) is 1. The van der Waals surface area contributed by atoms with Gasteiger partial charge in [0, 0.05) is 38.5 Å². The summed E-state index contributed by atoms with van der Waals surface area (Å²) in [4.78, 5) is 10.2. The lowest BCUT2D eigenvalue weighted by molar-refractivity contribution is -0.140. The highest BCUT2D eigenvalue weighted by Gasteiger charge is 2.43. The van der Waals surface area contributed by atoms with E-state index in [2.05, 4.69) is 20.2 Å². The van der Waals surface area contributed by atoms with Crippen LogP contribution in [0.25, 0.3) is 0 Å². The normalized spacial score (nSPS) is 20.0. The number of rotatable bonds is 3. The Morgan fingerprint density at radius 1 is 1.42 bits per heavy atom. The molecule has 24 heavy (non-hydrogen) atoms. The van der Waals surface area contributed by atoms with E-state index in [0.717, 1.165) is 35.8 Å². The highest BCUT2D eigenvalue weighted by atomic mass is 127. The fraction of sp³-hybridized carbons (Fsp3) is 0.733. The minimum atomic E-state index is -4.36. The fourth-order valence-corrected chi connectivity index (χ4v) is 4.18. The van der Waals surface area contributed by atoms with Crippen LogP contribution in [0, 0.1) is 5.41 Å². The lowest BCUT2D eigenvalue weighted by Gasteiger charge is -2.38. The summed E-state index contributed by atoms with van der Waals surface area (Å²) in [5, 5.41) is 4.83. The first-order valence-electron chi connectivity index (χ1n) is 7.89. The first-order valence-corrected chi connectivity index (χ1v) is 8.77. The zero-order chi connectivity index (χ0) is 16.5. The van der Waals surface area contributed by atoms with Crippen molar-refractivity contribution in [3.05, 3.63) is 16.1 Å². The lowest BCUT2D eigenvalue weighted by atomic mass is 9.68. The molecule has 1 saturated carbocycles. The number of guanidine groups is 1. The van der Waals surface area contributed by atoms with Gasteiger partial charge in [0.25, 0.3) is 0 Å². The van der Waals surface area contributed by atoms with Crippen molar-refractivity contribution in [3.8, 4) is 0 Å². The van der Waals surface area contributed by atoms with Gasteiger partial charge in [-0.3, -0.25) is 4.99 Å². The Morgan fingerprint density at radius 2 is 2.17 bits per heavy atom. The topological polar surface area (TPSA) is 40.5 Å². The molecule has 0 unspecified atom stereocenters. The SMILES string of the molecule is CN=C(NCCc1nc(C(F)(F)F)cs1)N1CCC2(CCC2)C1.I. The van der Waals surface area contributed by atoms with E-state index in [0.29, 0.717) is 23.4 Å². The summed E-state index contributed by atoms with van der Waals surface area (Å²) in [5.74, 6) is 0.848. The van der Waals surface area contributed by atoms with Gasteiger partial charge in [-0.1, -0.05) is 6.42 Å². The third kappa shape index (κ3) is 4.33. The molecular weight excluding hydrogens is 452 g/mol. The summed E-state index contributed by atoms with van der Waals surface area (Å²) in [5.41, 5.74) is -0.303. The van der Waals surface area contributed by atoms with E-state index in [1.807, 2.05) is 0 Å². The number of alkyl halides is 3. The molecular formula is C15H22F3IN4S. The van der Waals surface area contributed by atoms with Crippen molar-refractivity contribution in [3.63, 3.8) is 0 Å². The van der Waals surface area contributed by atoms with E-state index in [4.69, 9.17) is 0 Å². The maximum Gasteiger partial charge on any atom is 0.434 e. The molecule has 0 bridgehead atoms. The molecule has 0 radical (unpaired) electrons. The molecule has 2 heterocycles. The second kappa shape index (κ2) is 7.76. The van der Waals surface area contributed by atoms with Crippen LogP contribution in [0.3, 0.4) is 0 Å². The predicted octanol–water partition coefficient (Wildman–Crippen LogP) is 3.77. The molecule has 1 spiro atoms. The van der Waals surface area contributed by atoms with Gasteiger partial charge in [-0.05, 0) is 24.7 Å². The minimum Gasteiger partial charge on any atom is -0.356 e. The van der Waals surface area contributed by atoms with Gasteiger partial charge >= 0.3 is 6.18 Å². The molecule has 0 aromatic carbocycles. The van der Waals surface area contributed by atoms with Gasteiger partial charge in [-0.15, -0.1) is 35.3 Å². The third-order valence-corrected chi connectivity index (χ3v) is 5.74. The first kappa shape index (κ1) is 19.7. The number of halogens is 4. The van der Waals surface area contributed by atoms with Crippen molar-refractivity contribution in [1.82, 2.24) is 15.2 Å². The summed E-state index contributed by atoms with van der Waals surface area (Å²) in [6.07, 6.45) is 1.27. The number of hydrogen-bond acceptors (Lipinski definition) is 3. The van der Waals surface area contributed by atoms with Crippen LogP contribution in [0.2, 0.25) is 0 Å². The van der Waals surface area contributed by atoms with E-state index >= 15 is 0 Å². The molecule has 1 saturated heterocycles. The van der Waals surface area contributed by atoms with E-state index in [1.165, 1.54) is 25.7 Å². The van der Waals surface area contributed by atoms with Crippen LogP contribution in [0.5, 0.6) is 0 Å². The summed E-state index contributed by atoms with van der Waals surface area (Å²) in [6.45, 7) is 2.60. The highest BCUT2D eigenvalue weighted by molar-refractivity contribution is 14.0. The molecule has 0 atom stereocenters. The number of likely N-dealkylation sites (tertiary alicyclic amines) is 1. The average molecular weight is 474 g/mol. The van der Waals surface area contributed by atoms with Crippen LogP contribution >= 0.6 is 35.3 Å². The van der Waals surface area contributed by atoms with Crippen molar-refractivity contribution in [2.75, 3.05) is 26.7 Å². The van der Waals surface area contributed by atoms with Crippen LogP contribution in [0.15, 0.2) is 10.4 Å². The molecule has 136 valence electrons. The van der Waals surface area contributed by atoms with Gasteiger partial charge in [0.05, 0.1) is 5.01 Å². The van der Waals surface area contributed by atoms with Crippen molar-refractivity contribution >= 4 is 41.3 Å². The largest absolute Gasteiger partial charge is 0.434 e. The smallest absolute Gasteiger partial charge is 0.356 e. The van der Waals surface area contributed by atoms with Gasteiger partial charge in [-0.25, -0.2) is 4.98 Å². The second-order valence-corrected chi connectivity index (χ2v) is 7.32. The molecule has 2 aliphatic rings. The molecule has 3 rings (SSSR count). The molecule has 1 aliphatic heterocycles. The van der Waals surface area contributed by atoms with E-state index < -0.39 is 11.9 Å². The average Bonchev–Trinajstić information content (AvgIpc) is 3.09. The van der Waals surface area contributed by atoms with Crippen LogP contribution < -0.4 is 5.32 Å². The summed E-state index contributed by atoms with van der Waals surface area (Å²) < 4.78 is 37.6. The lowest BCUT2D eigenvalue weighted by Crippen LogP contribution is -2.43. The van der Waals surface area contributed by atoms with Crippen molar-refractivity contribution < 1.29 is 13.2 Å². The minimum absolute atomic E-state index is 0.